The molecule has 2 rings (SSSR count). The van der Waals surface area contributed by atoms with E-state index in [9.17, 15) is 8.42 Å². The van der Waals surface area contributed by atoms with Crippen LogP contribution in [0.1, 0.15) is 5.56 Å². The van der Waals surface area contributed by atoms with Crippen LogP contribution in [0.4, 0.5) is 5.69 Å². The van der Waals surface area contributed by atoms with E-state index in [0.29, 0.717) is 16.3 Å². The van der Waals surface area contributed by atoms with Gasteiger partial charge in [0.05, 0.1) is 16.1 Å². The van der Waals surface area contributed by atoms with Crippen molar-refractivity contribution in [2.45, 2.75) is 14.8 Å². The van der Waals surface area contributed by atoms with Gasteiger partial charge in [-0.1, -0.05) is 11.8 Å². The van der Waals surface area contributed by atoms with Gasteiger partial charge in [0, 0.05) is 17.3 Å². The molecule has 1 heterocycles. The van der Waals surface area contributed by atoms with Gasteiger partial charge in [0.15, 0.2) is 9.84 Å². The van der Waals surface area contributed by atoms with Crippen molar-refractivity contribution in [1.29, 1.82) is 5.26 Å². The zero-order valence-electron chi connectivity index (χ0n) is 10.6. The first-order valence-corrected chi connectivity index (χ1v) is 8.25. The van der Waals surface area contributed by atoms with Crippen LogP contribution >= 0.6 is 11.8 Å². The Hall–Kier alpha value is -2.04. The van der Waals surface area contributed by atoms with Crippen molar-refractivity contribution in [3.05, 3.63) is 42.1 Å². The van der Waals surface area contributed by atoms with Gasteiger partial charge in [-0.15, -0.1) is 0 Å². The van der Waals surface area contributed by atoms with Gasteiger partial charge in [-0.05, 0) is 30.3 Å². The highest BCUT2D eigenvalue weighted by atomic mass is 32.2. The molecule has 0 aliphatic rings. The first kappa shape index (κ1) is 14.4. The van der Waals surface area contributed by atoms with Crippen molar-refractivity contribution in [3.8, 4) is 6.07 Å². The van der Waals surface area contributed by atoms with E-state index in [-0.39, 0.29) is 4.90 Å². The topological polar surface area (TPSA) is 96.8 Å². The number of anilines is 1. The number of nitriles is 1. The molecule has 2 aromatic rings. The lowest BCUT2D eigenvalue weighted by molar-refractivity contribution is 0.602. The van der Waals surface area contributed by atoms with Gasteiger partial charge in [0.25, 0.3) is 0 Å². The number of rotatable bonds is 3. The monoisotopic (exact) mass is 305 g/mol. The Morgan fingerprint density at radius 3 is 2.45 bits per heavy atom. The molecule has 0 saturated heterocycles. The summed E-state index contributed by atoms with van der Waals surface area (Å²) in [6.07, 6.45) is 2.67. The van der Waals surface area contributed by atoms with Gasteiger partial charge < -0.3 is 5.73 Å². The van der Waals surface area contributed by atoms with E-state index < -0.39 is 9.84 Å². The molecule has 5 nitrogen and oxygen atoms in total. The van der Waals surface area contributed by atoms with E-state index in [1.807, 2.05) is 6.07 Å². The number of sulfone groups is 1. The molecule has 0 atom stereocenters. The molecule has 2 N–H and O–H groups in total. The van der Waals surface area contributed by atoms with Crippen LogP contribution in [0.15, 0.2) is 51.3 Å². The summed E-state index contributed by atoms with van der Waals surface area (Å²) in [5.41, 5.74) is 6.54. The third-order valence-corrected chi connectivity index (χ3v) is 4.70. The molecule has 7 heteroatoms. The lowest BCUT2D eigenvalue weighted by atomic mass is 10.2. The van der Waals surface area contributed by atoms with Gasteiger partial charge in [-0.3, -0.25) is 0 Å². The van der Waals surface area contributed by atoms with Crippen molar-refractivity contribution in [2.75, 3.05) is 12.0 Å². The van der Waals surface area contributed by atoms with Gasteiger partial charge in [-0.25, -0.2) is 13.4 Å². The number of hydrogen-bond donors (Lipinski definition) is 1. The van der Waals surface area contributed by atoms with Gasteiger partial charge in [0.1, 0.15) is 11.1 Å². The largest absolute Gasteiger partial charge is 0.395 e. The molecule has 1 aromatic heterocycles. The minimum absolute atomic E-state index is 0.258. The van der Waals surface area contributed by atoms with Crippen LogP contribution in [0, 0.1) is 11.3 Å². The number of pyridine rings is 1. The zero-order valence-corrected chi connectivity index (χ0v) is 12.2. The molecule has 0 aliphatic carbocycles. The molecule has 0 unspecified atom stereocenters. The average molecular weight is 305 g/mol. The van der Waals surface area contributed by atoms with Crippen LogP contribution in [0.5, 0.6) is 0 Å². The molecular weight excluding hydrogens is 294 g/mol. The Morgan fingerprint density at radius 1 is 1.25 bits per heavy atom. The second kappa shape index (κ2) is 5.53. The van der Waals surface area contributed by atoms with Gasteiger partial charge in [-0.2, -0.15) is 5.26 Å². The van der Waals surface area contributed by atoms with Crippen molar-refractivity contribution in [3.63, 3.8) is 0 Å². The molecule has 0 spiro atoms. The average Bonchev–Trinajstić information content (AvgIpc) is 2.41. The van der Waals surface area contributed by atoms with E-state index in [1.165, 1.54) is 30.1 Å². The summed E-state index contributed by atoms with van der Waals surface area (Å²) in [6, 6.07) is 9.96. The van der Waals surface area contributed by atoms with Crippen LogP contribution < -0.4 is 5.73 Å². The number of nitrogens with zero attached hydrogens (tertiary/aromatic N) is 2. The predicted octanol–water partition coefficient (Wildman–Crippen LogP) is 2.09. The summed E-state index contributed by atoms with van der Waals surface area (Å²) < 4.78 is 22.7. The Morgan fingerprint density at radius 2 is 1.90 bits per heavy atom. The number of nitrogens with two attached hydrogens (primary N) is 1. The maximum Gasteiger partial charge on any atom is 0.175 e. The maximum absolute atomic E-state index is 11.4. The fourth-order valence-corrected chi connectivity index (χ4v) is 2.96. The molecule has 1 aromatic carbocycles. The highest BCUT2D eigenvalue weighted by Gasteiger charge is 2.10. The summed E-state index contributed by atoms with van der Waals surface area (Å²) in [7, 11) is -3.20. The Labute approximate surface area is 121 Å². The quantitative estimate of drug-likeness (QED) is 0.932. The fourth-order valence-electron chi connectivity index (χ4n) is 1.50. The van der Waals surface area contributed by atoms with Crippen molar-refractivity contribution >= 4 is 27.3 Å². The summed E-state index contributed by atoms with van der Waals surface area (Å²) in [4.78, 5) is 5.18. The van der Waals surface area contributed by atoms with Crippen LogP contribution in [0.3, 0.4) is 0 Å². The molecule has 20 heavy (non-hydrogen) atoms. The zero-order chi connectivity index (χ0) is 14.8. The van der Waals surface area contributed by atoms with Gasteiger partial charge >= 0.3 is 0 Å². The van der Waals surface area contributed by atoms with Crippen molar-refractivity contribution in [1.82, 2.24) is 4.98 Å². The SMILES string of the molecule is CS(=O)(=O)c1ccc(Sc2nccc(C#N)c2N)cc1. The molecule has 102 valence electrons. The number of nitrogen functional groups attached to an aromatic ring is 1. The number of aromatic nitrogens is 1. The van der Waals surface area contributed by atoms with E-state index in [2.05, 4.69) is 4.98 Å². The summed E-state index contributed by atoms with van der Waals surface area (Å²) in [5.74, 6) is 0. The number of benzene rings is 1. The van der Waals surface area contributed by atoms with E-state index in [0.717, 1.165) is 11.2 Å². The second-order valence-electron chi connectivity index (χ2n) is 4.03. The summed E-state index contributed by atoms with van der Waals surface area (Å²) in [5, 5.41) is 9.43. The summed E-state index contributed by atoms with van der Waals surface area (Å²) in [6.45, 7) is 0. The maximum atomic E-state index is 11.4. The molecule has 0 saturated carbocycles. The molecule has 0 amide bonds. The van der Waals surface area contributed by atoms with Crippen molar-refractivity contribution in [2.24, 2.45) is 0 Å². The molecular formula is C13H11N3O2S2. The van der Waals surface area contributed by atoms with E-state index in [1.54, 1.807) is 18.2 Å². The Bertz CT molecular complexity index is 778. The highest BCUT2D eigenvalue weighted by molar-refractivity contribution is 7.99. The molecule has 0 bridgehead atoms. The third-order valence-electron chi connectivity index (χ3n) is 2.54. The lowest BCUT2D eigenvalue weighted by Crippen LogP contribution is -1.97. The number of hydrogen-bond acceptors (Lipinski definition) is 6. The smallest absolute Gasteiger partial charge is 0.175 e. The first-order chi connectivity index (χ1) is 9.41. The Kier molecular flexibility index (Phi) is 3.97. The first-order valence-electron chi connectivity index (χ1n) is 5.54. The lowest BCUT2D eigenvalue weighted by Gasteiger charge is -2.06. The second-order valence-corrected chi connectivity index (χ2v) is 7.11. The van der Waals surface area contributed by atoms with Gasteiger partial charge in [0.2, 0.25) is 0 Å². The summed E-state index contributed by atoms with van der Waals surface area (Å²) >= 11 is 1.28. The van der Waals surface area contributed by atoms with E-state index >= 15 is 0 Å². The standard InChI is InChI=1S/C13H11N3O2S2/c1-20(17,18)11-4-2-10(3-5-11)19-13-12(15)9(8-14)6-7-16-13/h2-7H,15H2,1H3. The van der Waals surface area contributed by atoms with Crippen LogP contribution in [0.25, 0.3) is 0 Å². The molecule has 0 radical (unpaired) electrons. The molecule has 0 fully saturated rings. The highest BCUT2D eigenvalue weighted by Crippen LogP contribution is 2.32. The minimum atomic E-state index is -3.20. The fraction of sp³-hybridized carbons (Fsp3) is 0.0769. The van der Waals surface area contributed by atoms with E-state index in [4.69, 9.17) is 11.0 Å². The molecule has 0 aliphatic heterocycles. The van der Waals surface area contributed by atoms with Crippen molar-refractivity contribution < 1.29 is 8.42 Å². The van der Waals surface area contributed by atoms with Crippen LogP contribution in [-0.4, -0.2) is 19.7 Å². The predicted molar refractivity (Wildman–Crippen MR) is 77.0 cm³/mol. The minimum Gasteiger partial charge on any atom is -0.395 e. The normalized spacial score (nSPS) is 11.0. The van der Waals surface area contributed by atoms with Crippen LogP contribution in [0.2, 0.25) is 0 Å². The Balaban J connectivity index is 2.30. The van der Waals surface area contributed by atoms with Crippen LogP contribution in [-0.2, 0) is 9.84 Å². The third kappa shape index (κ3) is 3.10.